The molecule has 1 aromatic heterocycles. The SMILES string of the molecule is O=C(c1ccc(-c2ccccc2)cc1)c1cc2c(s1)Cc1ccccc1NC2. The fourth-order valence-electron chi connectivity index (χ4n) is 3.67. The molecule has 3 heteroatoms. The van der Waals surface area contributed by atoms with Crippen molar-refractivity contribution in [2.75, 3.05) is 5.32 Å². The van der Waals surface area contributed by atoms with Crippen molar-refractivity contribution in [3.8, 4) is 11.1 Å². The second-order valence-electron chi connectivity index (χ2n) is 7.02. The van der Waals surface area contributed by atoms with E-state index < -0.39 is 0 Å². The van der Waals surface area contributed by atoms with E-state index in [2.05, 4.69) is 47.8 Å². The lowest BCUT2D eigenvalue weighted by atomic mass is 10.0. The molecule has 2 nitrogen and oxygen atoms in total. The van der Waals surface area contributed by atoms with E-state index in [9.17, 15) is 4.79 Å². The first-order valence-corrected chi connectivity index (χ1v) is 10.2. The molecule has 0 amide bonds. The highest BCUT2D eigenvalue weighted by Crippen LogP contribution is 2.33. The van der Waals surface area contributed by atoms with Crippen molar-refractivity contribution in [3.63, 3.8) is 0 Å². The molecular weight excluding hydrogens is 362 g/mol. The summed E-state index contributed by atoms with van der Waals surface area (Å²) in [6.45, 7) is 0.767. The number of fused-ring (bicyclic) bond motifs is 2. The fourth-order valence-corrected chi connectivity index (χ4v) is 4.84. The second-order valence-corrected chi connectivity index (χ2v) is 8.16. The van der Waals surface area contributed by atoms with Crippen molar-refractivity contribution in [3.05, 3.63) is 111 Å². The topological polar surface area (TPSA) is 29.1 Å². The maximum Gasteiger partial charge on any atom is 0.202 e. The van der Waals surface area contributed by atoms with Gasteiger partial charge in [-0.15, -0.1) is 11.3 Å². The molecule has 0 saturated heterocycles. The summed E-state index contributed by atoms with van der Waals surface area (Å²) in [6.07, 6.45) is 0.878. The van der Waals surface area contributed by atoms with Crippen LogP contribution in [0.4, 0.5) is 5.69 Å². The van der Waals surface area contributed by atoms with Crippen LogP contribution in [-0.2, 0) is 13.0 Å². The summed E-state index contributed by atoms with van der Waals surface area (Å²) >= 11 is 1.63. The molecule has 2 heterocycles. The molecule has 5 rings (SSSR count). The fraction of sp³-hybridized carbons (Fsp3) is 0.0800. The van der Waals surface area contributed by atoms with Gasteiger partial charge in [-0.3, -0.25) is 4.79 Å². The van der Waals surface area contributed by atoms with Gasteiger partial charge in [0.05, 0.1) is 4.88 Å². The summed E-state index contributed by atoms with van der Waals surface area (Å²) in [7, 11) is 0. The molecule has 136 valence electrons. The van der Waals surface area contributed by atoms with E-state index >= 15 is 0 Å². The highest BCUT2D eigenvalue weighted by Gasteiger charge is 2.19. The number of thiophene rings is 1. The van der Waals surface area contributed by atoms with E-state index in [1.807, 2.05) is 42.5 Å². The van der Waals surface area contributed by atoms with Crippen LogP contribution in [0, 0.1) is 0 Å². The van der Waals surface area contributed by atoms with Crippen molar-refractivity contribution in [2.45, 2.75) is 13.0 Å². The zero-order chi connectivity index (χ0) is 18.9. The first-order valence-electron chi connectivity index (χ1n) is 9.41. The van der Waals surface area contributed by atoms with Crippen LogP contribution in [0.15, 0.2) is 84.9 Å². The molecule has 0 atom stereocenters. The van der Waals surface area contributed by atoms with Gasteiger partial charge in [-0.25, -0.2) is 0 Å². The molecule has 1 aliphatic rings. The third kappa shape index (κ3) is 3.14. The Labute approximate surface area is 168 Å². The Morgan fingerprint density at radius 2 is 1.50 bits per heavy atom. The molecule has 1 N–H and O–H groups in total. The van der Waals surface area contributed by atoms with Gasteiger partial charge in [-0.2, -0.15) is 0 Å². The average Bonchev–Trinajstić information content (AvgIpc) is 3.08. The molecule has 0 radical (unpaired) electrons. The smallest absolute Gasteiger partial charge is 0.202 e. The van der Waals surface area contributed by atoms with Crippen LogP contribution in [-0.4, -0.2) is 5.78 Å². The number of carbonyl (C=O) groups is 1. The minimum absolute atomic E-state index is 0.103. The first-order chi connectivity index (χ1) is 13.8. The highest BCUT2D eigenvalue weighted by molar-refractivity contribution is 7.14. The number of carbonyl (C=O) groups excluding carboxylic acids is 1. The molecule has 4 aromatic rings. The minimum Gasteiger partial charge on any atom is -0.381 e. The number of rotatable bonds is 3. The molecule has 0 aliphatic carbocycles. The Morgan fingerprint density at radius 1 is 0.786 bits per heavy atom. The van der Waals surface area contributed by atoms with Crippen LogP contribution >= 0.6 is 11.3 Å². The van der Waals surface area contributed by atoms with Crippen molar-refractivity contribution in [1.82, 2.24) is 0 Å². The molecule has 0 spiro atoms. The summed E-state index contributed by atoms with van der Waals surface area (Å²) in [6, 6.07) is 28.6. The monoisotopic (exact) mass is 381 g/mol. The Hall–Kier alpha value is -3.17. The number of nitrogens with one attached hydrogen (secondary N) is 1. The van der Waals surface area contributed by atoms with Gasteiger partial charge >= 0.3 is 0 Å². The molecule has 0 saturated carbocycles. The summed E-state index contributed by atoms with van der Waals surface area (Å²) in [4.78, 5) is 15.1. The van der Waals surface area contributed by atoms with Crippen LogP contribution in [0.5, 0.6) is 0 Å². The number of ketones is 1. The largest absolute Gasteiger partial charge is 0.381 e. The molecule has 1 aliphatic heterocycles. The highest BCUT2D eigenvalue weighted by atomic mass is 32.1. The first kappa shape index (κ1) is 17.0. The van der Waals surface area contributed by atoms with E-state index in [1.165, 1.54) is 21.7 Å². The summed E-state index contributed by atoms with van der Waals surface area (Å²) in [5.74, 6) is 0.103. The van der Waals surface area contributed by atoms with Gasteiger partial charge in [0, 0.05) is 29.1 Å². The van der Waals surface area contributed by atoms with Gasteiger partial charge < -0.3 is 5.32 Å². The third-order valence-electron chi connectivity index (χ3n) is 5.21. The van der Waals surface area contributed by atoms with Crippen molar-refractivity contribution in [2.24, 2.45) is 0 Å². The number of benzene rings is 3. The van der Waals surface area contributed by atoms with Gasteiger partial charge in [0.15, 0.2) is 0 Å². The average molecular weight is 382 g/mol. The van der Waals surface area contributed by atoms with Crippen LogP contribution in [0.25, 0.3) is 11.1 Å². The summed E-state index contributed by atoms with van der Waals surface area (Å²) < 4.78 is 0. The number of para-hydroxylation sites is 1. The summed E-state index contributed by atoms with van der Waals surface area (Å²) in [5.41, 5.74) is 6.73. The standard InChI is InChI=1S/C25H19NOS/c27-25(19-12-10-18(11-13-19)17-6-2-1-3-7-17)24-15-21-16-26-22-9-5-4-8-20(22)14-23(21)28-24/h1-13,15,26H,14,16H2. The van der Waals surface area contributed by atoms with Gasteiger partial charge in [0.25, 0.3) is 0 Å². The number of anilines is 1. The Morgan fingerprint density at radius 3 is 2.32 bits per heavy atom. The lowest BCUT2D eigenvalue weighted by Gasteiger charge is -2.06. The second kappa shape index (κ2) is 7.10. The minimum atomic E-state index is 0.103. The molecule has 28 heavy (non-hydrogen) atoms. The molecule has 0 unspecified atom stereocenters. The van der Waals surface area contributed by atoms with E-state index in [4.69, 9.17) is 0 Å². The van der Waals surface area contributed by atoms with Crippen molar-refractivity contribution >= 4 is 22.8 Å². The number of hydrogen-bond acceptors (Lipinski definition) is 3. The Balaban J connectivity index is 1.41. The lowest BCUT2D eigenvalue weighted by molar-refractivity contribution is 0.104. The van der Waals surface area contributed by atoms with E-state index in [0.29, 0.717) is 0 Å². The molecule has 0 fully saturated rings. The number of hydrogen-bond donors (Lipinski definition) is 1. The third-order valence-corrected chi connectivity index (χ3v) is 6.39. The van der Waals surface area contributed by atoms with Gasteiger partial charge in [-0.1, -0.05) is 72.8 Å². The maximum atomic E-state index is 13.0. The van der Waals surface area contributed by atoms with Crippen molar-refractivity contribution < 1.29 is 4.79 Å². The molecule has 0 bridgehead atoms. The van der Waals surface area contributed by atoms with E-state index in [1.54, 1.807) is 11.3 Å². The van der Waals surface area contributed by atoms with Gasteiger partial charge in [0.1, 0.15) is 0 Å². The van der Waals surface area contributed by atoms with Crippen LogP contribution in [0.1, 0.15) is 31.2 Å². The maximum absolute atomic E-state index is 13.0. The molecular formula is C25H19NOS. The van der Waals surface area contributed by atoms with E-state index in [0.717, 1.165) is 34.5 Å². The quantitative estimate of drug-likeness (QED) is 0.430. The zero-order valence-corrected chi connectivity index (χ0v) is 16.1. The Kier molecular flexibility index (Phi) is 4.30. The summed E-state index contributed by atoms with van der Waals surface area (Å²) in [5, 5.41) is 3.49. The van der Waals surface area contributed by atoms with Crippen molar-refractivity contribution in [1.29, 1.82) is 0 Å². The zero-order valence-electron chi connectivity index (χ0n) is 15.3. The van der Waals surface area contributed by atoms with Gasteiger partial charge in [0.2, 0.25) is 5.78 Å². The predicted molar refractivity (Wildman–Crippen MR) is 116 cm³/mol. The molecule has 3 aromatic carbocycles. The normalized spacial score (nSPS) is 12.4. The van der Waals surface area contributed by atoms with E-state index in [-0.39, 0.29) is 5.78 Å². The van der Waals surface area contributed by atoms with Gasteiger partial charge in [-0.05, 0) is 34.4 Å². The van der Waals surface area contributed by atoms with Crippen LogP contribution in [0.2, 0.25) is 0 Å². The predicted octanol–water partition coefficient (Wildman–Crippen LogP) is 6.16. The van der Waals surface area contributed by atoms with Crippen LogP contribution in [0.3, 0.4) is 0 Å². The Bertz CT molecular complexity index is 1140. The lowest BCUT2D eigenvalue weighted by Crippen LogP contribution is -2.00. The van der Waals surface area contributed by atoms with Crippen LogP contribution < -0.4 is 5.32 Å².